The molecule has 2 aromatic heterocycles. The molecule has 22 heavy (non-hydrogen) atoms. The highest BCUT2D eigenvalue weighted by Crippen LogP contribution is 2.25. The van der Waals surface area contributed by atoms with Gasteiger partial charge in [-0.15, -0.1) is 0 Å². The summed E-state index contributed by atoms with van der Waals surface area (Å²) < 4.78 is 1.43. The number of hydrogen-bond acceptors (Lipinski definition) is 4. The number of piperidine rings is 1. The van der Waals surface area contributed by atoms with Gasteiger partial charge in [-0.2, -0.15) is 0 Å². The van der Waals surface area contributed by atoms with Crippen molar-refractivity contribution >= 4 is 5.91 Å². The average Bonchev–Trinajstić information content (AvgIpc) is 2.57. The van der Waals surface area contributed by atoms with Gasteiger partial charge in [0, 0.05) is 56.9 Å². The van der Waals surface area contributed by atoms with Gasteiger partial charge in [-0.1, -0.05) is 0 Å². The molecule has 1 atom stereocenters. The zero-order chi connectivity index (χ0) is 15.5. The first-order chi connectivity index (χ1) is 10.6. The van der Waals surface area contributed by atoms with Gasteiger partial charge >= 0.3 is 0 Å². The van der Waals surface area contributed by atoms with Crippen molar-refractivity contribution in [3.63, 3.8) is 0 Å². The van der Waals surface area contributed by atoms with E-state index in [1.807, 2.05) is 4.90 Å². The molecule has 0 aliphatic carbocycles. The first-order valence-electron chi connectivity index (χ1n) is 7.37. The van der Waals surface area contributed by atoms with Gasteiger partial charge in [0.15, 0.2) is 0 Å². The smallest absolute Gasteiger partial charge is 0.255 e. The number of amides is 1. The Kier molecular flexibility index (Phi) is 4.00. The molecule has 1 amide bonds. The lowest BCUT2D eigenvalue weighted by Gasteiger charge is -2.32. The Morgan fingerprint density at radius 3 is 2.91 bits per heavy atom. The van der Waals surface area contributed by atoms with Crippen molar-refractivity contribution in [1.29, 1.82) is 0 Å². The fourth-order valence-corrected chi connectivity index (χ4v) is 2.83. The van der Waals surface area contributed by atoms with E-state index in [4.69, 9.17) is 0 Å². The Hall–Kier alpha value is -2.50. The zero-order valence-corrected chi connectivity index (χ0v) is 12.5. The van der Waals surface area contributed by atoms with Gasteiger partial charge in [-0.25, -0.2) is 0 Å². The molecule has 3 heterocycles. The molecule has 0 aromatic carbocycles. The molecule has 6 heteroatoms. The Morgan fingerprint density at radius 1 is 1.32 bits per heavy atom. The largest absolute Gasteiger partial charge is 0.338 e. The van der Waals surface area contributed by atoms with Crippen LogP contribution >= 0.6 is 0 Å². The summed E-state index contributed by atoms with van der Waals surface area (Å²) in [5, 5.41) is 0. The molecule has 6 nitrogen and oxygen atoms in total. The van der Waals surface area contributed by atoms with Gasteiger partial charge in [0.05, 0.1) is 11.3 Å². The second-order valence-electron chi connectivity index (χ2n) is 5.59. The van der Waals surface area contributed by atoms with Crippen LogP contribution in [0.4, 0.5) is 0 Å². The van der Waals surface area contributed by atoms with Crippen molar-refractivity contribution in [3.8, 4) is 0 Å². The maximum Gasteiger partial charge on any atom is 0.255 e. The molecule has 0 radical (unpaired) electrons. The van der Waals surface area contributed by atoms with E-state index in [2.05, 4.69) is 9.97 Å². The number of pyridine rings is 1. The van der Waals surface area contributed by atoms with E-state index in [0.29, 0.717) is 12.1 Å². The Morgan fingerprint density at radius 2 is 2.18 bits per heavy atom. The molecule has 1 unspecified atom stereocenters. The summed E-state index contributed by atoms with van der Waals surface area (Å²) in [5.41, 5.74) is 1.36. The van der Waals surface area contributed by atoms with E-state index < -0.39 is 0 Å². The second kappa shape index (κ2) is 6.09. The van der Waals surface area contributed by atoms with E-state index in [0.717, 1.165) is 25.1 Å². The lowest BCUT2D eigenvalue weighted by atomic mass is 9.94. The van der Waals surface area contributed by atoms with Crippen LogP contribution in [0.3, 0.4) is 0 Å². The van der Waals surface area contributed by atoms with Crippen LogP contribution in [0.25, 0.3) is 0 Å². The minimum Gasteiger partial charge on any atom is -0.338 e. The molecular formula is C16H18N4O2. The minimum absolute atomic E-state index is 0.0378. The van der Waals surface area contributed by atoms with Crippen molar-refractivity contribution in [3.05, 3.63) is 58.5 Å². The third-order valence-corrected chi connectivity index (χ3v) is 4.04. The SMILES string of the molecule is Cn1cc(C(=O)N2CCCC(c3cnccn3)C2)ccc1=O. The Balaban J connectivity index is 1.78. The summed E-state index contributed by atoms with van der Waals surface area (Å²) in [6.07, 6.45) is 8.65. The molecule has 2 aromatic rings. The first kappa shape index (κ1) is 14.4. The quantitative estimate of drug-likeness (QED) is 0.835. The third kappa shape index (κ3) is 2.90. The minimum atomic E-state index is -0.118. The van der Waals surface area contributed by atoms with Gasteiger partial charge < -0.3 is 9.47 Å². The maximum absolute atomic E-state index is 12.6. The van der Waals surface area contributed by atoms with Crippen LogP contribution in [0.1, 0.15) is 34.8 Å². The van der Waals surface area contributed by atoms with Crippen molar-refractivity contribution in [1.82, 2.24) is 19.4 Å². The molecule has 0 bridgehead atoms. The number of carbonyl (C=O) groups excluding carboxylic acids is 1. The predicted molar refractivity (Wildman–Crippen MR) is 81.6 cm³/mol. The molecule has 1 saturated heterocycles. The van der Waals surface area contributed by atoms with E-state index >= 15 is 0 Å². The molecule has 0 spiro atoms. The van der Waals surface area contributed by atoms with Crippen LogP contribution in [0.2, 0.25) is 0 Å². The lowest BCUT2D eigenvalue weighted by Crippen LogP contribution is -2.39. The average molecular weight is 298 g/mol. The third-order valence-electron chi connectivity index (χ3n) is 4.04. The predicted octanol–water partition coefficient (Wildman–Crippen LogP) is 1.20. The monoisotopic (exact) mass is 298 g/mol. The van der Waals surface area contributed by atoms with Crippen LogP contribution in [-0.2, 0) is 7.05 Å². The first-order valence-corrected chi connectivity index (χ1v) is 7.37. The fraction of sp³-hybridized carbons (Fsp3) is 0.375. The molecule has 114 valence electrons. The maximum atomic E-state index is 12.6. The van der Waals surface area contributed by atoms with E-state index in [-0.39, 0.29) is 17.4 Å². The summed E-state index contributed by atoms with van der Waals surface area (Å²) in [7, 11) is 1.65. The van der Waals surface area contributed by atoms with Crippen LogP contribution in [-0.4, -0.2) is 38.4 Å². The second-order valence-corrected chi connectivity index (χ2v) is 5.59. The Labute approximate surface area is 128 Å². The molecular weight excluding hydrogens is 280 g/mol. The number of carbonyl (C=O) groups is 1. The van der Waals surface area contributed by atoms with Gasteiger partial charge in [0.1, 0.15) is 0 Å². The molecule has 0 N–H and O–H groups in total. The number of likely N-dealkylation sites (tertiary alicyclic amines) is 1. The van der Waals surface area contributed by atoms with E-state index in [1.165, 1.54) is 10.6 Å². The van der Waals surface area contributed by atoms with Crippen molar-refractivity contribution in [2.24, 2.45) is 7.05 Å². The molecule has 1 fully saturated rings. The number of aryl methyl sites for hydroxylation is 1. The van der Waals surface area contributed by atoms with Gasteiger partial charge in [-0.3, -0.25) is 19.6 Å². The number of hydrogen-bond donors (Lipinski definition) is 0. The molecule has 3 rings (SSSR count). The number of nitrogens with zero attached hydrogens (tertiary/aromatic N) is 4. The van der Waals surface area contributed by atoms with Crippen molar-refractivity contribution in [2.45, 2.75) is 18.8 Å². The number of aromatic nitrogens is 3. The normalized spacial score (nSPS) is 18.2. The Bertz CT molecular complexity index is 726. The summed E-state index contributed by atoms with van der Waals surface area (Å²) in [6.45, 7) is 1.37. The van der Waals surface area contributed by atoms with Crippen molar-refractivity contribution < 1.29 is 4.79 Å². The summed E-state index contributed by atoms with van der Waals surface area (Å²) >= 11 is 0. The van der Waals surface area contributed by atoms with Crippen LogP contribution < -0.4 is 5.56 Å². The van der Waals surface area contributed by atoms with E-state index in [9.17, 15) is 9.59 Å². The van der Waals surface area contributed by atoms with Gasteiger partial charge in [0.2, 0.25) is 5.56 Å². The highest BCUT2D eigenvalue weighted by molar-refractivity contribution is 5.94. The van der Waals surface area contributed by atoms with Gasteiger partial charge in [0.25, 0.3) is 5.91 Å². The molecule has 0 saturated carbocycles. The topological polar surface area (TPSA) is 68.1 Å². The summed E-state index contributed by atoms with van der Waals surface area (Å²) in [6, 6.07) is 3.02. The van der Waals surface area contributed by atoms with E-state index in [1.54, 1.807) is 37.9 Å². The van der Waals surface area contributed by atoms with Crippen LogP contribution in [0.5, 0.6) is 0 Å². The van der Waals surface area contributed by atoms with Crippen molar-refractivity contribution in [2.75, 3.05) is 13.1 Å². The van der Waals surface area contributed by atoms with Gasteiger partial charge in [-0.05, 0) is 18.9 Å². The molecule has 1 aliphatic heterocycles. The van der Waals surface area contributed by atoms with Crippen LogP contribution in [0.15, 0.2) is 41.7 Å². The molecule has 1 aliphatic rings. The highest BCUT2D eigenvalue weighted by atomic mass is 16.2. The summed E-state index contributed by atoms with van der Waals surface area (Å²) in [4.78, 5) is 34.3. The standard InChI is InChI=1S/C16H18N4O2/c1-19-10-13(4-5-15(19)21)16(22)20-8-2-3-12(11-20)14-9-17-6-7-18-14/h4-7,9-10,12H,2-3,8,11H2,1H3. The zero-order valence-electron chi connectivity index (χ0n) is 12.5. The highest BCUT2D eigenvalue weighted by Gasteiger charge is 2.26. The number of rotatable bonds is 2. The van der Waals surface area contributed by atoms with Crippen LogP contribution in [0, 0.1) is 0 Å². The summed E-state index contributed by atoms with van der Waals surface area (Å²) in [5.74, 6) is 0.183. The lowest BCUT2D eigenvalue weighted by molar-refractivity contribution is 0.0705. The fourth-order valence-electron chi connectivity index (χ4n) is 2.83.